The normalized spacial score (nSPS) is 14.2. The van der Waals surface area contributed by atoms with Crippen LogP contribution in [0.15, 0.2) is 328 Å². The predicted octanol–water partition coefficient (Wildman–Crippen LogP) is 30.6. The van der Waals surface area contributed by atoms with Crippen LogP contribution in [0, 0.1) is 0 Å². The maximum absolute atomic E-state index is 2.49. The lowest BCUT2D eigenvalue weighted by atomic mass is 9.80. The minimum absolute atomic E-state index is 0.0700. The number of fused-ring (bicyclic) bond motifs is 9. The fourth-order valence-corrected chi connectivity index (χ4v) is 19.4. The van der Waals surface area contributed by atoms with Crippen molar-refractivity contribution in [1.82, 2.24) is 0 Å². The van der Waals surface area contributed by atoms with E-state index in [9.17, 15) is 0 Å². The Morgan fingerprint density at radius 3 is 0.847 bits per heavy atom. The summed E-state index contributed by atoms with van der Waals surface area (Å²) in [6.07, 6.45) is 0. The maximum atomic E-state index is 2.49. The topological polar surface area (TPSA) is 6.48 Å². The van der Waals surface area contributed by atoms with Gasteiger partial charge in [0.15, 0.2) is 0 Å². The Kier molecular flexibility index (Phi) is 15.2. The van der Waals surface area contributed by atoms with Crippen molar-refractivity contribution in [2.75, 3.05) is 9.80 Å². The van der Waals surface area contributed by atoms with Crippen LogP contribution in [0.5, 0.6) is 0 Å². The number of rotatable bonds is 9. The minimum Gasteiger partial charge on any atom is -0.310 e. The van der Waals surface area contributed by atoms with Crippen LogP contribution in [-0.2, 0) is 27.1 Å². The average Bonchev–Trinajstić information content (AvgIpc) is 1.52. The van der Waals surface area contributed by atoms with Gasteiger partial charge in [0.1, 0.15) is 0 Å². The smallest absolute Gasteiger partial charge is 0.0465 e. The van der Waals surface area contributed by atoms with Crippen molar-refractivity contribution >= 4 is 98.8 Å². The van der Waals surface area contributed by atoms with Crippen LogP contribution >= 0.6 is 0 Å². The predicted molar refractivity (Wildman–Crippen MR) is 476 cm³/mol. The highest BCUT2D eigenvalue weighted by Gasteiger charge is 2.39. The van der Waals surface area contributed by atoms with Gasteiger partial charge in [-0.2, -0.15) is 0 Å². The van der Waals surface area contributed by atoms with Crippen LogP contribution < -0.4 is 9.80 Å². The number of nitrogens with zero attached hydrogens (tertiary/aromatic N) is 2. The summed E-state index contributed by atoms with van der Waals surface area (Å²) in [4.78, 5) is 4.75. The number of para-hydroxylation sites is 2. The van der Waals surface area contributed by atoms with E-state index in [2.05, 4.69) is 420 Å². The summed E-state index contributed by atoms with van der Waals surface area (Å²) in [5.41, 5.74) is 33.5. The van der Waals surface area contributed by atoms with Gasteiger partial charge in [0.25, 0.3) is 0 Å². The maximum Gasteiger partial charge on any atom is 0.0465 e. The van der Waals surface area contributed by atoms with E-state index in [0.29, 0.717) is 0 Å². The van der Waals surface area contributed by atoms with E-state index >= 15 is 0 Å². The Balaban J connectivity index is 0.000000145. The van der Waals surface area contributed by atoms with Gasteiger partial charge < -0.3 is 9.80 Å². The van der Waals surface area contributed by atoms with Gasteiger partial charge >= 0.3 is 0 Å². The molecule has 0 fully saturated rings. The molecule has 18 aromatic rings. The second-order valence-electron chi connectivity index (χ2n) is 35.3. The minimum atomic E-state index is -0.142. The van der Waals surface area contributed by atoms with Gasteiger partial charge in [-0.25, -0.2) is 0 Å². The first-order valence-electron chi connectivity index (χ1n) is 39.7. The van der Waals surface area contributed by atoms with E-state index < -0.39 is 0 Å². The number of hydrogen-bond acceptors (Lipinski definition) is 2. The molecule has 0 aliphatic heterocycles. The molecule has 111 heavy (non-hydrogen) atoms. The van der Waals surface area contributed by atoms with Crippen LogP contribution in [-0.4, -0.2) is 0 Å². The summed E-state index contributed by atoms with van der Waals surface area (Å²) in [7, 11) is 0. The summed E-state index contributed by atoms with van der Waals surface area (Å²) in [6.45, 7) is 28.1. The Labute approximate surface area is 653 Å². The number of benzene rings is 18. The van der Waals surface area contributed by atoms with Crippen LogP contribution in [0.4, 0.5) is 34.1 Å². The second kappa shape index (κ2) is 24.8. The Morgan fingerprint density at radius 2 is 0.468 bits per heavy atom. The van der Waals surface area contributed by atoms with Crippen LogP contribution in [0.25, 0.3) is 131 Å². The molecule has 0 unspecified atom stereocenters. The zero-order valence-electron chi connectivity index (χ0n) is 65.6. The van der Waals surface area contributed by atoms with Gasteiger partial charge in [-0.05, 0) is 272 Å². The van der Waals surface area contributed by atoms with Crippen molar-refractivity contribution < 1.29 is 0 Å². The summed E-state index contributed by atoms with van der Waals surface area (Å²) in [5.74, 6) is 0. The molecule has 0 N–H and O–H groups in total. The van der Waals surface area contributed by atoms with E-state index in [1.54, 1.807) is 0 Å². The van der Waals surface area contributed by atoms with E-state index in [1.165, 1.54) is 176 Å². The van der Waals surface area contributed by atoms with Crippen molar-refractivity contribution in [3.63, 3.8) is 0 Å². The van der Waals surface area contributed by atoms with Gasteiger partial charge in [0, 0.05) is 50.4 Å². The van der Waals surface area contributed by atoms with Crippen molar-refractivity contribution in [1.29, 1.82) is 0 Å². The third-order valence-corrected chi connectivity index (χ3v) is 25.5. The molecule has 18 aromatic carbocycles. The molecule has 21 rings (SSSR count). The molecule has 0 bridgehead atoms. The first kappa shape index (κ1) is 68.0. The third kappa shape index (κ3) is 10.8. The van der Waals surface area contributed by atoms with E-state index in [-0.39, 0.29) is 27.1 Å². The molecule has 3 aliphatic rings. The summed E-state index contributed by atoms with van der Waals surface area (Å²) in [5, 5.41) is 16.1. The van der Waals surface area contributed by atoms with Crippen LogP contribution in [0.2, 0.25) is 0 Å². The van der Waals surface area contributed by atoms with Crippen molar-refractivity contribution in [3.05, 3.63) is 372 Å². The highest BCUT2D eigenvalue weighted by Crippen LogP contribution is 2.56. The molecule has 0 amide bonds. The van der Waals surface area contributed by atoms with E-state index in [0.717, 1.165) is 34.1 Å². The monoisotopic (exact) mass is 1430 g/mol. The summed E-state index contributed by atoms with van der Waals surface area (Å²) >= 11 is 0. The molecule has 2 nitrogen and oxygen atoms in total. The second-order valence-corrected chi connectivity index (χ2v) is 35.3. The molecule has 0 heterocycles. The Bertz CT molecular complexity index is 6330. The Morgan fingerprint density at radius 1 is 0.198 bits per heavy atom. The fourth-order valence-electron chi connectivity index (χ4n) is 19.4. The first-order valence-corrected chi connectivity index (χ1v) is 39.7. The molecule has 0 spiro atoms. The van der Waals surface area contributed by atoms with Crippen molar-refractivity contribution in [2.24, 2.45) is 0 Å². The lowest BCUT2D eigenvalue weighted by Crippen LogP contribution is -2.16. The molecule has 0 saturated carbocycles. The lowest BCUT2D eigenvalue weighted by Gasteiger charge is -2.28. The average molecular weight is 1430 g/mol. The highest BCUT2D eigenvalue weighted by molar-refractivity contribution is 6.27. The molecule has 0 radical (unpaired) electrons. The molecular formula is C109H90N2. The zero-order chi connectivity index (χ0) is 75.8. The largest absolute Gasteiger partial charge is 0.310 e. The number of hydrogen-bond donors (Lipinski definition) is 0. The van der Waals surface area contributed by atoms with Gasteiger partial charge in [-0.3, -0.25) is 0 Å². The standard InChI is InChI=1S/C55H46.C54H44N2/c1-53(2,3)39-25-35-11-9-31-13-19-41(45-23-17-37(27-39)49(35)51(31)45)33-15-21-43-44-22-16-34(30-48(44)55(7,8)47(43)29-33)42-20-14-32-10-12-36-26-40(54(4,5)6)28-38-18-24-46(42)52(32)50(36)38;1-53(2)49-21-13-11-19-45(49)47-33-31-43(35-51(47)53)55(39-15-7-5-8-16-39)41-27-23-37(24-28-41)38-25-29-42(30-26-38)56(40-17-9-6-10-18-40)44-32-34-48-46-20-12-14-22-50(46)54(3,4)52(48)36-44/h9-30H,1-8H3;5-36H,1-4H3. The highest BCUT2D eigenvalue weighted by atomic mass is 15.1. The summed E-state index contributed by atoms with van der Waals surface area (Å²) < 4.78 is 0. The number of anilines is 6. The molecule has 536 valence electrons. The van der Waals surface area contributed by atoms with Gasteiger partial charge in [-0.1, -0.05) is 326 Å². The molecule has 0 saturated heterocycles. The van der Waals surface area contributed by atoms with E-state index in [4.69, 9.17) is 0 Å². The zero-order valence-corrected chi connectivity index (χ0v) is 65.6. The van der Waals surface area contributed by atoms with Gasteiger partial charge in [0.05, 0.1) is 0 Å². The lowest BCUT2D eigenvalue weighted by molar-refractivity contribution is 0.591. The third-order valence-electron chi connectivity index (χ3n) is 25.5. The van der Waals surface area contributed by atoms with Crippen LogP contribution in [0.3, 0.4) is 0 Å². The quantitative estimate of drug-likeness (QED) is 0.133. The van der Waals surface area contributed by atoms with Crippen molar-refractivity contribution in [3.8, 4) is 66.8 Å². The first-order chi connectivity index (χ1) is 53.5. The van der Waals surface area contributed by atoms with Crippen molar-refractivity contribution in [2.45, 2.75) is 110 Å². The fraction of sp³-hybridized carbons (Fsp3) is 0.156. The van der Waals surface area contributed by atoms with Gasteiger partial charge in [0.2, 0.25) is 0 Å². The van der Waals surface area contributed by atoms with Gasteiger partial charge in [-0.15, -0.1) is 0 Å². The molecule has 0 aromatic heterocycles. The molecular weight excluding hydrogens is 1340 g/mol. The Hall–Kier alpha value is -12.4. The summed E-state index contributed by atoms with van der Waals surface area (Å²) in [6, 6.07) is 123. The van der Waals surface area contributed by atoms with E-state index in [1.807, 2.05) is 0 Å². The van der Waals surface area contributed by atoms with Crippen LogP contribution in [0.1, 0.15) is 128 Å². The SMILES string of the molecule is CC(C)(C)c1cc2ccc3ccc(-c4ccc5c(c4)C(C)(C)c4cc(-c6ccc7ccc8cc(C(C)(C)C)cc9ccc6c7c89)ccc4-5)c4ccc(c1)c2c34.CC1(C)c2ccccc2-c2ccc(N(c3ccccc3)c3ccc(-c4ccc(N(c5ccccc5)c5ccc6c(c5)C(C)(C)c5ccccc5-6)cc4)cc3)cc21. The molecule has 0 atom stereocenters. The molecule has 2 heteroatoms. The molecule has 3 aliphatic carbocycles.